The van der Waals surface area contributed by atoms with Crippen LogP contribution in [0.25, 0.3) is 0 Å². The first-order chi connectivity index (χ1) is 22.8. The van der Waals surface area contributed by atoms with Crippen LogP contribution in [-0.4, -0.2) is 117 Å². The molecule has 2 aliphatic heterocycles. The lowest BCUT2D eigenvalue weighted by atomic mass is 9.94. The molecule has 1 unspecified atom stereocenters. The Kier molecular flexibility index (Phi) is 23.2. The van der Waals surface area contributed by atoms with Crippen molar-refractivity contribution < 1.29 is 54.7 Å². The molecule has 2 heterocycles. The van der Waals surface area contributed by atoms with Crippen LogP contribution in [0, 0.1) is 5.92 Å². The van der Waals surface area contributed by atoms with Gasteiger partial charge in [0.2, 0.25) is 0 Å². The van der Waals surface area contributed by atoms with Crippen molar-refractivity contribution in [1.29, 1.82) is 0 Å². The number of hydrogen-bond donors (Lipinski definition) is 7. The summed E-state index contributed by atoms with van der Waals surface area (Å²) in [6.07, 6.45) is 10.3. The molecule has 11 atom stereocenters. The Labute approximate surface area is 284 Å². The maximum atomic E-state index is 11.0. The molecule has 47 heavy (non-hydrogen) atoms. The summed E-state index contributed by atoms with van der Waals surface area (Å²) in [4.78, 5) is 0. The first-order valence-corrected chi connectivity index (χ1v) is 19.0. The highest BCUT2D eigenvalue weighted by Crippen LogP contribution is 2.30. The Balaban J connectivity index is 1.87. The summed E-state index contributed by atoms with van der Waals surface area (Å²) >= 11 is 0. The van der Waals surface area contributed by atoms with E-state index >= 15 is 0 Å². The Morgan fingerprint density at radius 1 is 0.489 bits per heavy atom. The molecule has 0 aromatic carbocycles. The van der Waals surface area contributed by atoms with Gasteiger partial charge in [-0.3, -0.25) is 0 Å². The topological polar surface area (TPSA) is 179 Å². The second kappa shape index (κ2) is 25.5. The number of unbranched alkanes of at least 4 members (excludes halogenated alkanes) is 16. The van der Waals surface area contributed by atoms with Crippen LogP contribution in [0.3, 0.4) is 0 Å². The maximum absolute atomic E-state index is 11.0. The molecular weight excluding hydrogens is 608 g/mol. The minimum Gasteiger partial charge on any atom is -0.394 e. The van der Waals surface area contributed by atoms with Gasteiger partial charge in [-0.1, -0.05) is 129 Å². The fraction of sp³-hybridized carbons (Fsp3) is 1.00. The minimum atomic E-state index is -1.70. The van der Waals surface area contributed by atoms with E-state index < -0.39 is 74.6 Å². The van der Waals surface area contributed by atoms with Gasteiger partial charge in [-0.25, -0.2) is 0 Å². The van der Waals surface area contributed by atoms with Gasteiger partial charge in [0, 0.05) is 0 Å². The Morgan fingerprint density at radius 3 is 1.38 bits per heavy atom. The standard InChI is InChI=1S/C36H70O11/c1-3-5-7-9-11-13-14-16-18-20-22-26(21-19-17-15-12-10-8-6-4-2)25-44-35-33(43)31(41)34(28(24-38)46-35)47-36-32(42)30(40)29(39)27(23-37)45-36/h26-43H,3-25H2,1-2H3/t26?,27-,28-,29+,30+,31-,32-,33-,34-,35+,36+/m1/s1. The van der Waals surface area contributed by atoms with Crippen molar-refractivity contribution in [3.8, 4) is 0 Å². The van der Waals surface area contributed by atoms with Crippen LogP contribution in [0.1, 0.15) is 142 Å². The number of rotatable bonds is 27. The zero-order chi connectivity index (χ0) is 34.4. The summed E-state index contributed by atoms with van der Waals surface area (Å²) in [5.41, 5.74) is 0. The van der Waals surface area contributed by atoms with Crippen molar-refractivity contribution >= 4 is 0 Å². The van der Waals surface area contributed by atoms with E-state index in [1.54, 1.807) is 0 Å². The van der Waals surface area contributed by atoms with Gasteiger partial charge in [0.1, 0.15) is 48.8 Å². The highest BCUT2D eigenvalue weighted by Gasteiger charge is 2.50. The van der Waals surface area contributed by atoms with E-state index in [0.29, 0.717) is 6.61 Å². The van der Waals surface area contributed by atoms with E-state index in [0.717, 1.165) is 25.7 Å². The molecule has 0 spiro atoms. The summed E-state index contributed by atoms with van der Waals surface area (Å²) in [7, 11) is 0. The Bertz CT molecular complexity index is 742. The summed E-state index contributed by atoms with van der Waals surface area (Å²) in [5.74, 6) is 0.285. The van der Waals surface area contributed by atoms with Crippen LogP contribution in [0.15, 0.2) is 0 Å². The van der Waals surface area contributed by atoms with Gasteiger partial charge in [0.15, 0.2) is 12.6 Å². The summed E-state index contributed by atoms with van der Waals surface area (Å²) < 4.78 is 23.0. The lowest BCUT2D eigenvalue weighted by Crippen LogP contribution is -2.64. The average Bonchev–Trinajstić information content (AvgIpc) is 3.07. The maximum Gasteiger partial charge on any atom is 0.187 e. The molecule has 2 fully saturated rings. The molecular formula is C36H70O11. The zero-order valence-corrected chi connectivity index (χ0v) is 29.4. The Morgan fingerprint density at radius 2 is 0.915 bits per heavy atom. The first-order valence-electron chi connectivity index (χ1n) is 19.0. The van der Waals surface area contributed by atoms with Crippen LogP contribution < -0.4 is 0 Å². The summed E-state index contributed by atoms with van der Waals surface area (Å²) in [6, 6.07) is 0. The molecule has 0 radical (unpaired) electrons. The molecule has 0 aromatic heterocycles. The van der Waals surface area contributed by atoms with Crippen molar-refractivity contribution in [3.05, 3.63) is 0 Å². The number of hydrogen-bond acceptors (Lipinski definition) is 11. The van der Waals surface area contributed by atoms with Crippen molar-refractivity contribution in [2.24, 2.45) is 5.92 Å². The van der Waals surface area contributed by atoms with E-state index in [2.05, 4.69) is 13.8 Å². The average molecular weight is 679 g/mol. The van der Waals surface area contributed by atoms with Crippen LogP contribution in [0.4, 0.5) is 0 Å². The lowest BCUT2D eigenvalue weighted by molar-refractivity contribution is -0.360. The SMILES string of the molecule is CCCCCCCCCCCCC(CCCCCCCCCC)CO[C@H]1O[C@H](CO)[C@@H](O[C@@H]2O[C@H](CO)[C@H](O)[C@H](O)[C@H]2O)[C@H](O)[C@H]1O. The predicted molar refractivity (Wildman–Crippen MR) is 180 cm³/mol. The smallest absolute Gasteiger partial charge is 0.187 e. The normalized spacial score (nSPS) is 32.1. The highest BCUT2D eigenvalue weighted by atomic mass is 16.7. The third-order valence-electron chi connectivity index (χ3n) is 9.89. The molecule has 0 bridgehead atoms. The zero-order valence-electron chi connectivity index (χ0n) is 29.4. The molecule has 280 valence electrons. The van der Waals surface area contributed by atoms with Crippen LogP contribution in [0.5, 0.6) is 0 Å². The van der Waals surface area contributed by atoms with Crippen LogP contribution in [-0.2, 0) is 18.9 Å². The summed E-state index contributed by atoms with van der Waals surface area (Å²) in [5, 5.41) is 71.9. The molecule has 2 saturated heterocycles. The molecule has 11 nitrogen and oxygen atoms in total. The molecule has 0 saturated carbocycles. The monoisotopic (exact) mass is 678 g/mol. The fourth-order valence-electron chi connectivity index (χ4n) is 6.72. The molecule has 2 rings (SSSR count). The van der Waals surface area contributed by atoms with Crippen molar-refractivity contribution in [2.75, 3.05) is 19.8 Å². The minimum absolute atomic E-state index is 0.285. The summed E-state index contributed by atoms with van der Waals surface area (Å²) in [6.45, 7) is 3.61. The number of aliphatic hydroxyl groups excluding tert-OH is 7. The fourth-order valence-corrected chi connectivity index (χ4v) is 6.72. The largest absolute Gasteiger partial charge is 0.394 e. The van der Waals surface area contributed by atoms with E-state index in [1.807, 2.05) is 0 Å². The van der Waals surface area contributed by atoms with Crippen molar-refractivity contribution in [3.63, 3.8) is 0 Å². The third kappa shape index (κ3) is 15.6. The van der Waals surface area contributed by atoms with Gasteiger partial charge in [-0.05, 0) is 18.8 Å². The second-order valence-corrected chi connectivity index (χ2v) is 13.9. The van der Waals surface area contributed by atoms with Gasteiger partial charge in [0.25, 0.3) is 0 Å². The van der Waals surface area contributed by atoms with E-state index in [4.69, 9.17) is 18.9 Å². The first kappa shape index (κ1) is 42.7. The molecule has 0 aliphatic carbocycles. The quantitative estimate of drug-likeness (QED) is 0.0623. The molecule has 7 N–H and O–H groups in total. The van der Waals surface area contributed by atoms with Crippen LogP contribution in [0.2, 0.25) is 0 Å². The van der Waals surface area contributed by atoms with Gasteiger partial charge >= 0.3 is 0 Å². The Hall–Kier alpha value is -0.440. The predicted octanol–water partition coefficient (Wildman–Crippen LogP) is 4.09. The molecule has 2 aliphatic rings. The molecule has 11 heteroatoms. The van der Waals surface area contributed by atoms with E-state index in [9.17, 15) is 35.7 Å². The van der Waals surface area contributed by atoms with Gasteiger partial charge in [0.05, 0.1) is 19.8 Å². The van der Waals surface area contributed by atoms with Crippen LogP contribution >= 0.6 is 0 Å². The van der Waals surface area contributed by atoms with E-state index in [-0.39, 0.29) is 5.92 Å². The van der Waals surface area contributed by atoms with E-state index in [1.165, 1.54) is 103 Å². The number of aliphatic hydroxyl groups is 7. The van der Waals surface area contributed by atoms with Crippen molar-refractivity contribution in [1.82, 2.24) is 0 Å². The van der Waals surface area contributed by atoms with Gasteiger partial charge < -0.3 is 54.7 Å². The van der Waals surface area contributed by atoms with Gasteiger partial charge in [-0.2, -0.15) is 0 Å². The highest BCUT2D eigenvalue weighted by molar-refractivity contribution is 4.94. The molecule has 0 amide bonds. The van der Waals surface area contributed by atoms with Crippen molar-refractivity contribution in [2.45, 2.75) is 204 Å². The second-order valence-electron chi connectivity index (χ2n) is 13.9. The molecule has 0 aromatic rings. The third-order valence-corrected chi connectivity index (χ3v) is 9.89. The van der Waals surface area contributed by atoms with Gasteiger partial charge in [-0.15, -0.1) is 0 Å². The lowest BCUT2D eigenvalue weighted by Gasteiger charge is -2.46. The number of ether oxygens (including phenoxy) is 4.